The average molecular weight is 236 g/mol. The van der Waals surface area contributed by atoms with Gasteiger partial charge in [-0.25, -0.2) is 0 Å². The molecule has 15 heavy (non-hydrogen) atoms. The highest BCUT2D eigenvalue weighted by Crippen LogP contribution is 2.23. The van der Waals surface area contributed by atoms with Crippen molar-refractivity contribution in [1.82, 2.24) is 0 Å². The summed E-state index contributed by atoms with van der Waals surface area (Å²) in [6.45, 7) is 0.968. The van der Waals surface area contributed by atoms with E-state index >= 15 is 0 Å². The molecule has 1 rings (SSSR count). The fourth-order valence-corrected chi connectivity index (χ4v) is 1.66. The van der Waals surface area contributed by atoms with Crippen molar-refractivity contribution in [2.75, 3.05) is 0 Å². The van der Waals surface area contributed by atoms with Crippen LogP contribution in [0.25, 0.3) is 0 Å². The van der Waals surface area contributed by atoms with Gasteiger partial charge in [-0.1, -0.05) is 0 Å². The quantitative estimate of drug-likeness (QED) is 0.597. The van der Waals surface area contributed by atoms with Crippen LogP contribution in [0.4, 0.5) is 13.2 Å². The minimum atomic E-state index is -4.95. The van der Waals surface area contributed by atoms with Crippen LogP contribution < -0.4 is 0 Å². The molecule has 0 saturated carbocycles. The largest absolute Gasteiger partial charge is 0.450 e. The molecule has 82 valence electrons. The third kappa shape index (κ3) is 2.65. The first kappa shape index (κ1) is 11.9. The normalized spacial score (nSPS) is 13.6. The van der Waals surface area contributed by atoms with Crippen LogP contribution in [0, 0.1) is 5.92 Å². The highest BCUT2D eigenvalue weighted by molar-refractivity contribution is 7.08. The number of carbonyl (C=O) groups excluding carboxylic acids is 2. The number of thiophene rings is 1. The smallest absolute Gasteiger partial charge is 0.293 e. The van der Waals surface area contributed by atoms with Gasteiger partial charge in [0.05, 0.1) is 5.92 Å². The summed E-state index contributed by atoms with van der Waals surface area (Å²) < 4.78 is 36.0. The number of hydrogen-bond acceptors (Lipinski definition) is 3. The van der Waals surface area contributed by atoms with Crippen molar-refractivity contribution < 1.29 is 22.8 Å². The van der Waals surface area contributed by atoms with Crippen molar-refractivity contribution in [3.63, 3.8) is 0 Å². The molecule has 0 spiro atoms. The Kier molecular flexibility index (Phi) is 3.28. The molecule has 0 aliphatic heterocycles. The molecule has 1 unspecified atom stereocenters. The van der Waals surface area contributed by atoms with E-state index in [0.29, 0.717) is 0 Å². The Morgan fingerprint density at radius 3 is 2.40 bits per heavy atom. The second-order valence-electron chi connectivity index (χ2n) is 2.96. The van der Waals surface area contributed by atoms with E-state index in [1.54, 1.807) is 5.38 Å². The lowest BCUT2D eigenvalue weighted by atomic mass is 9.97. The standard InChI is InChI=1S/C9H7F3O2S/c1-5(8(14)9(10,11)12)7(13)6-2-3-15-4-6/h2-5H,1H3. The van der Waals surface area contributed by atoms with Crippen LogP contribution in [-0.2, 0) is 4.79 Å². The Morgan fingerprint density at radius 1 is 1.40 bits per heavy atom. The van der Waals surface area contributed by atoms with Gasteiger partial charge in [0.2, 0.25) is 5.78 Å². The van der Waals surface area contributed by atoms with Crippen LogP contribution in [0.15, 0.2) is 16.8 Å². The molecule has 0 N–H and O–H groups in total. The first-order valence-corrected chi connectivity index (χ1v) is 4.95. The summed E-state index contributed by atoms with van der Waals surface area (Å²) in [5.74, 6) is -4.46. The fourth-order valence-electron chi connectivity index (χ4n) is 1.02. The number of ketones is 2. The van der Waals surface area contributed by atoms with Gasteiger partial charge in [0.15, 0.2) is 5.78 Å². The van der Waals surface area contributed by atoms with Crippen LogP contribution >= 0.6 is 11.3 Å². The second-order valence-corrected chi connectivity index (χ2v) is 3.74. The molecule has 0 amide bonds. The number of carbonyl (C=O) groups is 2. The minimum Gasteiger partial charge on any atom is -0.293 e. The summed E-state index contributed by atoms with van der Waals surface area (Å²) in [6, 6.07) is 1.40. The maximum atomic E-state index is 12.0. The zero-order valence-corrected chi connectivity index (χ0v) is 8.48. The monoisotopic (exact) mass is 236 g/mol. The van der Waals surface area contributed by atoms with Crippen LogP contribution in [0.2, 0.25) is 0 Å². The molecule has 1 heterocycles. The van der Waals surface area contributed by atoms with Crippen LogP contribution in [-0.4, -0.2) is 17.7 Å². The number of hydrogen-bond donors (Lipinski definition) is 0. The first-order chi connectivity index (χ1) is 6.84. The summed E-state index contributed by atoms with van der Waals surface area (Å²) in [6.07, 6.45) is -4.95. The number of Topliss-reactive ketones (excluding diaryl/α,β-unsaturated/α-hetero) is 2. The number of alkyl halides is 3. The molecule has 0 aromatic carbocycles. The average Bonchev–Trinajstić information content (AvgIpc) is 2.65. The Labute approximate surface area is 87.7 Å². The minimum absolute atomic E-state index is 0.144. The molecule has 0 radical (unpaired) electrons. The molecule has 1 atom stereocenters. The number of rotatable bonds is 3. The van der Waals surface area contributed by atoms with Gasteiger partial charge in [-0.2, -0.15) is 24.5 Å². The lowest BCUT2D eigenvalue weighted by Gasteiger charge is -2.10. The SMILES string of the molecule is CC(C(=O)c1ccsc1)C(=O)C(F)(F)F. The van der Waals surface area contributed by atoms with Gasteiger partial charge in [-0.05, 0) is 18.4 Å². The lowest BCUT2D eigenvalue weighted by molar-refractivity contribution is -0.173. The second kappa shape index (κ2) is 4.14. The van der Waals surface area contributed by atoms with E-state index < -0.39 is 23.7 Å². The van der Waals surface area contributed by atoms with Crippen molar-refractivity contribution in [3.8, 4) is 0 Å². The molecule has 2 nitrogen and oxygen atoms in total. The van der Waals surface area contributed by atoms with Gasteiger partial charge >= 0.3 is 6.18 Å². The molecular weight excluding hydrogens is 229 g/mol. The molecule has 1 aromatic rings. The van der Waals surface area contributed by atoms with Crippen LogP contribution in [0.5, 0.6) is 0 Å². The van der Waals surface area contributed by atoms with E-state index in [1.165, 1.54) is 22.8 Å². The van der Waals surface area contributed by atoms with Crippen molar-refractivity contribution in [1.29, 1.82) is 0 Å². The predicted octanol–water partition coefficient (Wildman–Crippen LogP) is 2.70. The molecule has 0 bridgehead atoms. The summed E-state index contributed by atoms with van der Waals surface area (Å²) in [4.78, 5) is 22.1. The Hall–Kier alpha value is -1.17. The first-order valence-electron chi connectivity index (χ1n) is 4.01. The van der Waals surface area contributed by atoms with Gasteiger partial charge in [0.1, 0.15) is 0 Å². The van der Waals surface area contributed by atoms with Gasteiger partial charge in [-0.15, -0.1) is 0 Å². The Balaban J connectivity index is 2.83. The molecular formula is C9H7F3O2S. The molecule has 6 heteroatoms. The van der Waals surface area contributed by atoms with Gasteiger partial charge in [-0.3, -0.25) is 9.59 Å². The van der Waals surface area contributed by atoms with Crippen molar-refractivity contribution in [3.05, 3.63) is 22.4 Å². The molecule has 1 aromatic heterocycles. The van der Waals surface area contributed by atoms with Crippen LogP contribution in [0.1, 0.15) is 17.3 Å². The maximum Gasteiger partial charge on any atom is 0.450 e. The van der Waals surface area contributed by atoms with E-state index in [1.807, 2.05) is 0 Å². The van der Waals surface area contributed by atoms with E-state index in [-0.39, 0.29) is 5.56 Å². The van der Waals surface area contributed by atoms with Gasteiger partial charge in [0, 0.05) is 10.9 Å². The summed E-state index contributed by atoms with van der Waals surface area (Å²) in [7, 11) is 0. The van der Waals surface area contributed by atoms with E-state index in [2.05, 4.69) is 0 Å². The van der Waals surface area contributed by atoms with E-state index in [0.717, 1.165) is 6.92 Å². The lowest BCUT2D eigenvalue weighted by Crippen LogP contribution is -2.33. The predicted molar refractivity (Wildman–Crippen MR) is 48.9 cm³/mol. The molecule has 0 aliphatic rings. The third-order valence-corrected chi connectivity index (χ3v) is 2.55. The zero-order valence-electron chi connectivity index (χ0n) is 7.67. The van der Waals surface area contributed by atoms with Gasteiger partial charge in [0.25, 0.3) is 0 Å². The van der Waals surface area contributed by atoms with E-state index in [9.17, 15) is 22.8 Å². The Bertz CT molecular complexity index is 367. The van der Waals surface area contributed by atoms with Gasteiger partial charge < -0.3 is 0 Å². The fraction of sp³-hybridized carbons (Fsp3) is 0.333. The van der Waals surface area contributed by atoms with Crippen molar-refractivity contribution >= 4 is 22.9 Å². The van der Waals surface area contributed by atoms with Crippen molar-refractivity contribution in [2.24, 2.45) is 5.92 Å². The third-order valence-electron chi connectivity index (χ3n) is 1.87. The summed E-state index contributed by atoms with van der Waals surface area (Å²) in [5.41, 5.74) is 0.144. The Morgan fingerprint density at radius 2 is 2.00 bits per heavy atom. The maximum absolute atomic E-state index is 12.0. The van der Waals surface area contributed by atoms with Crippen LogP contribution in [0.3, 0.4) is 0 Å². The highest BCUT2D eigenvalue weighted by atomic mass is 32.1. The summed E-state index contributed by atoms with van der Waals surface area (Å²) >= 11 is 1.19. The molecule has 0 fully saturated rings. The molecule has 0 saturated heterocycles. The van der Waals surface area contributed by atoms with E-state index in [4.69, 9.17) is 0 Å². The topological polar surface area (TPSA) is 34.1 Å². The number of halogens is 3. The zero-order chi connectivity index (χ0) is 11.6. The molecule has 0 aliphatic carbocycles. The summed E-state index contributed by atoms with van der Waals surface area (Å²) in [5, 5.41) is 2.99. The van der Waals surface area contributed by atoms with Crippen molar-refractivity contribution in [2.45, 2.75) is 13.1 Å². The highest BCUT2D eigenvalue weighted by Gasteiger charge is 2.44.